The maximum Gasteiger partial charge on any atom is 0.238 e. The number of hydrogen-bond acceptors (Lipinski definition) is 1. The summed E-state index contributed by atoms with van der Waals surface area (Å²) in [4.78, 5) is 13.8. The van der Waals surface area contributed by atoms with E-state index in [1.807, 2.05) is 25.8 Å². The first-order chi connectivity index (χ1) is 6.13. The lowest BCUT2D eigenvalue weighted by Gasteiger charge is -2.48. The molecule has 0 aromatic heterocycles. The van der Waals surface area contributed by atoms with Crippen LogP contribution in [0.5, 0.6) is 0 Å². The topological polar surface area (TPSA) is 20.3 Å². The maximum absolute atomic E-state index is 11.9. The second-order valence-corrected chi connectivity index (χ2v) is 7.60. The molecule has 0 heterocycles. The quantitative estimate of drug-likeness (QED) is 0.701. The summed E-state index contributed by atoms with van der Waals surface area (Å²) in [6, 6.07) is 0.439. The van der Waals surface area contributed by atoms with E-state index in [0.717, 1.165) is 12.8 Å². The molecule has 3 heteroatoms. The Labute approximate surface area is 95.2 Å². The summed E-state index contributed by atoms with van der Waals surface area (Å²) in [5.74, 6) is 0.179. The monoisotopic (exact) mass is 261 g/mol. The van der Waals surface area contributed by atoms with Crippen LogP contribution in [0.3, 0.4) is 0 Å². The van der Waals surface area contributed by atoms with Gasteiger partial charge in [0, 0.05) is 13.1 Å². The molecule has 1 amide bonds. The highest BCUT2D eigenvalue weighted by Crippen LogP contribution is 2.43. The van der Waals surface area contributed by atoms with Crippen LogP contribution in [0.15, 0.2) is 0 Å². The third-order valence-electron chi connectivity index (χ3n) is 2.95. The molecule has 0 radical (unpaired) electrons. The number of halogens is 1. The molecule has 0 aliphatic heterocycles. The van der Waals surface area contributed by atoms with Crippen LogP contribution in [0.1, 0.15) is 40.5 Å². The third kappa shape index (κ3) is 2.50. The van der Waals surface area contributed by atoms with Gasteiger partial charge in [-0.25, -0.2) is 0 Å². The molecule has 0 N–H and O–H groups in total. The summed E-state index contributed by atoms with van der Waals surface area (Å²) >= 11 is 3.40. The summed E-state index contributed by atoms with van der Waals surface area (Å²) in [6.07, 6.45) is 2.25. The van der Waals surface area contributed by atoms with Gasteiger partial charge < -0.3 is 4.90 Å². The molecule has 0 saturated heterocycles. The molecular weight excluding hydrogens is 242 g/mol. The Hall–Kier alpha value is -0.0500. The normalized spacial score (nSPS) is 21.6. The van der Waals surface area contributed by atoms with E-state index in [0.29, 0.717) is 11.5 Å². The van der Waals surface area contributed by atoms with E-state index in [2.05, 4.69) is 29.8 Å². The Morgan fingerprint density at radius 2 is 1.86 bits per heavy atom. The summed E-state index contributed by atoms with van der Waals surface area (Å²) in [6.45, 7) is 8.30. The van der Waals surface area contributed by atoms with Crippen LogP contribution < -0.4 is 0 Å². The number of carbonyl (C=O) groups excluding carboxylic acids is 1. The van der Waals surface area contributed by atoms with Gasteiger partial charge in [-0.3, -0.25) is 4.79 Å². The Balaban J connectivity index is 2.52. The van der Waals surface area contributed by atoms with Gasteiger partial charge >= 0.3 is 0 Å². The first-order valence-electron chi connectivity index (χ1n) is 5.10. The van der Waals surface area contributed by atoms with Gasteiger partial charge in [0.25, 0.3) is 0 Å². The van der Waals surface area contributed by atoms with Gasteiger partial charge in [-0.15, -0.1) is 0 Å². The number of alkyl halides is 1. The maximum atomic E-state index is 11.9. The van der Waals surface area contributed by atoms with Gasteiger partial charge in [0.05, 0.1) is 4.32 Å². The van der Waals surface area contributed by atoms with Gasteiger partial charge in [0.1, 0.15) is 0 Å². The van der Waals surface area contributed by atoms with Crippen molar-refractivity contribution in [1.82, 2.24) is 4.90 Å². The van der Waals surface area contributed by atoms with Gasteiger partial charge in [0.2, 0.25) is 5.91 Å². The lowest BCUT2D eigenvalue weighted by atomic mass is 9.68. The molecule has 0 aromatic rings. The average molecular weight is 262 g/mol. The molecule has 1 aliphatic rings. The van der Waals surface area contributed by atoms with E-state index in [9.17, 15) is 4.79 Å². The number of hydrogen-bond donors (Lipinski definition) is 0. The van der Waals surface area contributed by atoms with E-state index < -0.39 is 4.32 Å². The highest BCUT2D eigenvalue weighted by molar-refractivity contribution is 9.10. The van der Waals surface area contributed by atoms with E-state index >= 15 is 0 Å². The Kier molecular flexibility index (Phi) is 3.01. The fourth-order valence-electron chi connectivity index (χ4n) is 2.07. The van der Waals surface area contributed by atoms with E-state index in [-0.39, 0.29) is 5.91 Å². The Bertz CT molecular complexity index is 234. The molecule has 2 nitrogen and oxygen atoms in total. The minimum Gasteiger partial charge on any atom is -0.342 e. The molecule has 0 atom stereocenters. The largest absolute Gasteiger partial charge is 0.342 e. The number of amides is 1. The van der Waals surface area contributed by atoms with Crippen molar-refractivity contribution in [2.24, 2.45) is 5.41 Å². The van der Waals surface area contributed by atoms with Crippen LogP contribution in [0.2, 0.25) is 0 Å². The second kappa shape index (κ2) is 3.51. The van der Waals surface area contributed by atoms with E-state index in [1.165, 1.54) is 0 Å². The Morgan fingerprint density at radius 1 is 1.43 bits per heavy atom. The van der Waals surface area contributed by atoms with Gasteiger partial charge in [-0.1, -0.05) is 29.8 Å². The SMILES string of the molecule is CN(C(=O)C(C)(C)Br)C1CC(C)(C)C1. The summed E-state index contributed by atoms with van der Waals surface area (Å²) in [5, 5.41) is 0. The fraction of sp³-hybridized carbons (Fsp3) is 0.909. The van der Waals surface area contributed by atoms with Crippen molar-refractivity contribution >= 4 is 21.8 Å². The molecule has 1 fully saturated rings. The first-order valence-corrected chi connectivity index (χ1v) is 5.89. The highest BCUT2D eigenvalue weighted by atomic mass is 79.9. The summed E-state index contributed by atoms with van der Waals surface area (Å²) < 4.78 is -0.429. The number of carbonyl (C=O) groups is 1. The van der Waals surface area contributed by atoms with Crippen molar-refractivity contribution in [3.63, 3.8) is 0 Å². The second-order valence-electron chi connectivity index (χ2n) is 5.61. The standard InChI is InChI=1S/C11H20BrNO/c1-10(2)6-8(7-10)13(5)9(14)11(3,4)12/h8H,6-7H2,1-5H3. The minimum absolute atomic E-state index is 0.179. The van der Waals surface area contributed by atoms with Crippen LogP contribution in [-0.4, -0.2) is 28.2 Å². The smallest absolute Gasteiger partial charge is 0.238 e. The van der Waals surface area contributed by atoms with Crippen molar-refractivity contribution in [2.45, 2.75) is 50.9 Å². The molecule has 0 bridgehead atoms. The molecule has 0 spiro atoms. The zero-order valence-electron chi connectivity index (χ0n) is 9.72. The zero-order valence-corrected chi connectivity index (χ0v) is 11.3. The van der Waals surface area contributed by atoms with Crippen molar-refractivity contribution in [3.05, 3.63) is 0 Å². The van der Waals surface area contributed by atoms with Crippen molar-refractivity contribution in [3.8, 4) is 0 Å². The third-order valence-corrected chi connectivity index (χ3v) is 3.29. The number of nitrogens with zero attached hydrogens (tertiary/aromatic N) is 1. The van der Waals surface area contributed by atoms with Crippen LogP contribution >= 0.6 is 15.9 Å². The van der Waals surface area contributed by atoms with Crippen LogP contribution in [-0.2, 0) is 4.79 Å². The summed E-state index contributed by atoms with van der Waals surface area (Å²) in [5.41, 5.74) is 0.426. The van der Waals surface area contributed by atoms with Gasteiger partial charge in [0.15, 0.2) is 0 Å². The molecule has 1 aliphatic carbocycles. The molecule has 0 aromatic carbocycles. The van der Waals surface area contributed by atoms with Gasteiger partial charge in [-0.2, -0.15) is 0 Å². The lowest BCUT2D eigenvalue weighted by molar-refractivity contribution is -0.137. The van der Waals surface area contributed by atoms with Crippen molar-refractivity contribution in [1.29, 1.82) is 0 Å². The molecule has 1 rings (SSSR count). The van der Waals surface area contributed by atoms with Crippen LogP contribution in [0, 0.1) is 5.41 Å². The van der Waals surface area contributed by atoms with E-state index in [1.54, 1.807) is 0 Å². The van der Waals surface area contributed by atoms with Crippen LogP contribution in [0.25, 0.3) is 0 Å². The van der Waals surface area contributed by atoms with Crippen molar-refractivity contribution in [2.75, 3.05) is 7.05 Å². The van der Waals surface area contributed by atoms with Crippen molar-refractivity contribution < 1.29 is 4.79 Å². The molecule has 82 valence electrons. The predicted octanol–water partition coefficient (Wildman–Crippen LogP) is 2.81. The molecular formula is C11H20BrNO. The molecule has 14 heavy (non-hydrogen) atoms. The minimum atomic E-state index is -0.429. The van der Waals surface area contributed by atoms with Gasteiger partial charge in [-0.05, 0) is 32.1 Å². The first kappa shape index (κ1) is 12.0. The predicted molar refractivity (Wildman–Crippen MR) is 62.6 cm³/mol. The van der Waals surface area contributed by atoms with E-state index in [4.69, 9.17) is 0 Å². The molecule has 0 unspecified atom stereocenters. The molecule has 1 saturated carbocycles. The highest BCUT2D eigenvalue weighted by Gasteiger charge is 2.42. The Morgan fingerprint density at radius 3 is 2.14 bits per heavy atom. The summed E-state index contributed by atoms with van der Waals surface area (Å²) in [7, 11) is 1.91. The van der Waals surface area contributed by atoms with Crippen LogP contribution in [0.4, 0.5) is 0 Å². The number of rotatable bonds is 2. The lowest BCUT2D eigenvalue weighted by Crippen LogP contribution is -2.52. The fourth-order valence-corrected chi connectivity index (χ4v) is 2.35. The average Bonchev–Trinajstić information content (AvgIpc) is 1.95. The zero-order chi connectivity index (χ0) is 11.1.